The van der Waals surface area contributed by atoms with Gasteiger partial charge in [-0.1, -0.05) is 18.2 Å². The van der Waals surface area contributed by atoms with Crippen LogP contribution in [0.4, 0.5) is 5.82 Å². The lowest BCUT2D eigenvalue weighted by molar-refractivity contribution is 0.605. The van der Waals surface area contributed by atoms with E-state index in [1.165, 1.54) is 22.2 Å². The van der Waals surface area contributed by atoms with Crippen LogP contribution in [0.1, 0.15) is 17.7 Å². The van der Waals surface area contributed by atoms with E-state index in [-0.39, 0.29) is 5.28 Å². The summed E-state index contributed by atoms with van der Waals surface area (Å²) in [5.74, 6) is 0.688. The van der Waals surface area contributed by atoms with Crippen molar-refractivity contribution in [1.82, 2.24) is 24.6 Å². The second kappa shape index (κ2) is 5.21. The van der Waals surface area contributed by atoms with Gasteiger partial charge >= 0.3 is 0 Å². The number of H-pyrrole nitrogens is 1. The predicted molar refractivity (Wildman–Crippen MR) is 93.5 cm³/mol. The summed E-state index contributed by atoms with van der Waals surface area (Å²) >= 11 is 6.02. The molecule has 0 unspecified atom stereocenters. The molecule has 0 saturated carbocycles. The van der Waals surface area contributed by atoms with E-state index in [0.717, 1.165) is 19.3 Å². The summed E-state index contributed by atoms with van der Waals surface area (Å²) in [6, 6.07) is 8.77. The maximum absolute atomic E-state index is 6.02. The molecule has 1 aliphatic carbocycles. The first kappa shape index (κ1) is 13.8. The number of halogens is 1. The number of hydrogen-bond donors (Lipinski definition) is 2. The Morgan fingerprint density at radius 2 is 2.21 bits per heavy atom. The lowest BCUT2D eigenvalue weighted by Crippen LogP contribution is -2.28. The van der Waals surface area contributed by atoms with Gasteiger partial charge in [0.05, 0.1) is 0 Å². The third-order valence-corrected chi connectivity index (χ3v) is 4.82. The second-order valence-corrected chi connectivity index (χ2v) is 6.47. The van der Waals surface area contributed by atoms with Crippen LogP contribution in [0.15, 0.2) is 36.7 Å². The lowest BCUT2D eigenvalue weighted by Gasteiger charge is -2.24. The molecule has 1 aromatic carbocycles. The summed E-state index contributed by atoms with van der Waals surface area (Å²) in [6.45, 7) is 0. The Kier molecular flexibility index (Phi) is 2.99. The van der Waals surface area contributed by atoms with Crippen molar-refractivity contribution in [3.63, 3.8) is 0 Å². The van der Waals surface area contributed by atoms with Gasteiger partial charge in [-0.25, -0.2) is 9.50 Å². The summed E-state index contributed by atoms with van der Waals surface area (Å²) in [4.78, 5) is 12.2. The van der Waals surface area contributed by atoms with Crippen molar-refractivity contribution < 1.29 is 0 Å². The van der Waals surface area contributed by atoms with Gasteiger partial charge in [-0.2, -0.15) is 4.98 Å². The molecule has 2 N–H and O–H groups in total. The van der Waals surface area contributed by atoms with Gasteiger partial charge in [0.1, 0.15) is 0 Å². The Morgan fingerprint density at radius 1 is 1.29 bits per heavy atom. The molecular formula is C17H15ClN6. The molecule has 0 amide bonds. The molecule has 3 heterocycles. The fourth-order valence-electron chi connectivity index (χ4n) is 3.58. The normalized spacial score (nSPS) is 17.3. The van der Waals surface area contributed by atoms with Gasteiger partial charge in [-0.15, -0.1) is 5.10 Å². The smallest absolute Gasteiger partial charge is 0.243 e. The molecule has 1 aliphatic rings. The van der Waals surface area contributed by atoms with Gasteiger partial charge in [0.25, 0.3) is 0 Å². The summed E-state index contributed by atoms with van der Waals surface area (Å²) in [6.07, 6.45) is 6.48. The zero-order chi connectivity index (χ0) is 16.1. The molecule has 0 radical (unpaired) electrons. The predicted octanol–water partition coefficient (Wildman–Crippen LogP) is 3.23. The number of aryl methyl sites for hydroxylation is 1. The highest BCUT2D eigenvalue weighted by Gasteiger charge is 2.23. The summed E-state index contributed by atoms with van der Waals surface area (Å²) in [7, 11) is 0. The Balaban J connectivity index is 1.49. The highest BCUT2D eigenvalue weighted by molar-refractivity contribution is 6.28. The van der Waals surface area contributed by atoms with Gasteiger partial charge in [0.2, 0.25) is 5.28 Å². The highest BCUT2D eigenvalue weighted by atomic mass is 35.5. The number of nitrogens with one attached hydrogen (secondary N) is 2. The Hall–Kier alpha value is -2.60. The molecule has 4 aromatic rings. The van der Waals surface area contributed by atoms with Crippen LogP contribution < -0.4 is 5.32 Å². The van der Waals surface area contributed by atoms with E-state index >= 15 is 0 Å². The zero-order valence-electron chi connectivity index (χ0n) is 12.8. The molecule has 120 valence electrons. The number of hydrogen-bond acceptors (Lipinski definition) is 4. The van der Waals surface area contributed by atoms with Crippen LogP contribution in [0.2, 0.25) is 5.28 Å². The van der Waals surface area contributed by atoms with Crippen molar-refractivity contribution in [2.45, 2.75) is 25.3 Å². The maximum atomic E-state index is 6.02. The number of aromatic nitrogens is 5. The van der Waals surface area contributed by atoms with Gasteiger partial charge in [0, 0.05) is 35.0 Å². The van der Waals surface area contributed by atoms with E-state index in [0.29, 0.717) is 17.5 Å². The Morgan fingerprint density at radius 3 is 3.17 bits per heavy atom. The number of benzene rings is 1. The molecular weight excluding hydrogens is 324 g/mol. The molecule has 0 spiro atoms. The minimum atomic E-state index is 0.214. The average molecular weight is 339 g/mol. The number of fused-ring (bicyclic) bond motifs is 4. The van der Waals surface area contributed by atoms with E-state index in [1.807, 2.05) is 0 Å². The van der Waals surface area contributed by atoms with E-state index in [2.05, 4.69) is 49.6 Å². The first-order chi connectivity index (χ1) is 11.8. The molecule has 1 atom stereocenters. The van der Waals surface area contributed by atoms with Gasteiger partial charge in [0.15, 0.2) is 11.5 Å². The average Bonchev–Trinajstić information content (AvgIpc) is 3.19. The molecule has 7 heteroatoms. The summed E-state index contributed by atoms with van der Waals surface area (Å²) in [5, 5.41) is 9.16. The molecule has 3 aromatic heterocycles. The van der Waals surface area contributed by atoms with Gasteiger partial charge < -0.3 is 10.3 Å². The quantitative estimate of drug-likeness (QED) is 0.588. The first-order valence-electron chi connectivity index (χ1n) is 8.00. The van der Waals surface area contributed by atoms with Crippen molar-refractivity contribution in [3.8, 4) is 0 Å². The van der Waals surface area contributed by atoms with E-state index in [1.54, 1.807) is 16.9 Å². The molecule has 0 fully saturated rings. The third kappa shape index (κ3) is 2.14. The fourth-order valence-corrected chi connectivity index (χ4v) is 3.75. The molecule has 0 aliphatic heterocycles. The van der Waals surface area contributed by atoms with E-state index in [9.17, 15) is 0 Å². The van der Waals surface area contributed by atoms with Crippen LogP contribution in [-0.2, 0) is 12.8 Å². The molecule has 24 heavy (non-hydrogen) atoms. The van der Waals surface area contributed by atoms with Crippen molar-refractivity contribution >= 4 is 34.0 Å². The van der Waals surface area contributed by atoms with E-state index in [4.69, 9.17) is 11.6 Å². The third-order valence-electron chi connectivity index (χ3n) is 4.66. The number of para-hydroxylation sites is 1. The molecule has 0 bridgehead atoms. The van der Waals surface area contributed by atoms with Crippen molar-refractivity contribution in [2.24, 2.45) is 0 Å². The topological polar surface area (TPSA) is 70.9 Å². The number of imidazole rings is 1. The zero-order valence-corrected chi connectivity index (χ0v) is 13.6. The standard InChI is InChI=1S/C17H15ClN6/c18-17-22-15(16-19-7-8-24(16)23-17)20-10-5-6-14-12(9-10)11-3-1-2-4-13(11)21-14/h1-4,7-8,10,21H,5-6,9H2,(H,20,22,23)/t10-/m1/s1. The Bertz CT molecular complexity index is 1050. The Labute approximate surface area is 142 Å². The number of aromatic amines is 1. The maximum Gasteiger partial charge on any atom is 0.243 e. The van der Waals surface area contributed by atoms with Gasteiger partial charge in [-0.05, 0) is 42.5 Å². The SMILES string of the molecule is Clc1nc(N[C@@H]2CCc3[nH]c4ccccc4c3C2)c2nccn2n1. The summed E-state index contributed by atoms with van der Waals surface area (Å²) in [5.41, 5.74) is 4.66. The van der Waals surface area contributed by atoms with Crippen molar-refractivity contribution in [1.29, 1.82) is 0 Å². The number of rotatable bonds is 2. The monoisotopic (exact) mass is 338 g/mol. The molecule has 6 nitrogen and oxygen atoms in total. The molecule has 5 rings (SSSR count). The van der Waals surface area contributed by atoms with Crippen molar-refractivity contribution in [3.05, 3.63) is 53.2 Å². The fraction of sp³-hybridized carbons (Fsp3) is 0.235. The van der Waals surface area contributed by atoms with Crippen molar-refractivity contribution in [2.75, 3.05) is 5.32 Å². The molecule has 0 saturated heterocycles. The van der Waals surface area contributed by atoms with Crippen LogP contribution >= 0.6 is 11.6 Å². The van der Waals surface area contributed by atoms with Crippen LogP contribution in [0.3, 0.4) is 0 Å². The lowest BCUT2D eigenvalue weighted by atomic mass is 9.91. The minimum absolute atomic E-state index is 0.214. The summed E-state index contributed by atoms with van der Waals surface area (Å²) < 4.78 is 1.65. The van der Waals surface area contributed by atoms with Crippen LogP contribution in [0.5, 0.6) is 0 Å². The second-order valence-electron chi connectivity index (χ2n) is 6.14. The van der Waals surface area contributed by atoms with Gasteiger partial charge in [-0.3, -0.25) is 0 Å². The minimum Gasteiger partial charge on any atom is -0.364 e. The highest BCUT2D eigenvalue weighted by Crippen LogP contribution is 2.30. The number of anilines is 1. The van der Waals surface area contributed by atoms with Crippen LogP contribution in [0.25, 0.3) is 16.6 Å². The van der Waals surface area contributed by atoms with E-state index < -0.39 is 0 Å². The van der Waals surface area contributed by atoms with Crippen LogP contribution in [-0.4, -0.2) is 30.6 Å². The first-order valence-corrected chi connectivity index (χ1v) is 8.37. The number of nitrogens with zero attached hydrogens (tertiary/aromatic N) is 4. The van der Waals surface area contributed by atoms with Crippen LogP contribution in [0, 0.1) is 0 Å². The largest absolute Gasteiger partial charge is 0.364 e.